The molecule has 2 aromatic carbocycles. The van der Waals surface area contributed by atoms with Crippen molar-refractivity contribution >= 4 is 16.9 Å². The van der Waals surface area contributed by atoms with Crippen molar-refractivity contribution in [3.05, 3.63) is 76.6 Å². The largest absolute Gasteiger partial charge is 0.481 e. The first-order chi connectivity index (χ1) is 14.6. The molecule has 0 spiro atoms. The van der Waals surface area contributed by atoms with E-state index in [0.29, 0.717) is 11.3 Å². The molecule has 0 saturated carbocycles. The normalized spacial score (nSPS) is 16.3. The zero-order valence-electron chi connectivity index (χ0n) is 17.0. The second kappa shape index (κ2) is 9.13. The van der Waals surface area contributed by atoms with Gasteiger partial charge in [0.15, 0.2) is 6.10 Å². The lowest BCUT2D eigenvalue weighted by molar-refractivity contribution is -0.128. The molecule has 6 nitrogen and oxygen atoms in total. The van der Waals surface area contributed by atoms with Crippen molar-refractivity contribution < 1.29 is 13.9 Å². The number of piperidine rings is 1. The average molecular weight is 406 g/mol. The Hall–Kier alpha value is -3.12. The lowest BCUT2D eigenvalue weighted by Gasteiger charge is -2.32. The smallest absolute Gasteiger partial charge is 0.336 e. The highest BCUT2D eigenvalue weighted by atomic mass is 16.5. The monoisotopic (exact) mass is 406 g/mol. The molecule has 1 aromatic heterocycles. The number of hydrogen-bond acceptors (Lipinski definition) is 5. The first-order valence-electron chi connectivity index (χ1n) is 10.3. The Morgan fingerprint density at radius 2 is 1.87 bits per heavy atom. The van der Waals surface area contributed by atoms with E-state index in [2.05, 4.69) is 34.5 Å². The van der Waals surface area contributed by atoms with Crippen molar-refractivity contribution in [1.29, 1.82) is 0 Å². The third-order valence-electron chi connectivity index (χ3n) is 5.46. The fraction of sp³-hybridized carbons (Fsp3) is 0.333. The van der Waals surface area contributed by atoms with Crippen molar-refractivity contribution in [3.63, 3.8) is 0 Å². The molecule has 2 heterocycles. The van der Waals surface area contributed by atoms with Gasteiger partial charge in [-0.3, -0.25) is 9.69 Å². The predicted molar refractivity (Wildman–Crippen MR) is 115 cm³/mol. The molecule has 1 saturated heterocycles. The van der Waals surface area contributed by atoms with E-state index >= 15 is 0 Å². The fourth-order valence-electron chi connectivity index (χ4n) is 3.77. The number of rotatable bonds is 6. The molecule has 1 aliphatic heterocycles. The second-order valence-electron chi connectivity index (χ2n) is 7.76. The molecule has 1 N–H and O–H groups in total. The van der Waals surface area contributed by atoms with E-state index in [1.807, 2.05) is 6.07 Å². The maximum absolute atomic E-state index is 12.6. The van der Waals surface area contributed by atoms with E-state index in [0.717, 1.165) is 37.9 Å². The summed E-state index contributed by atoms with van der Waals surface area (Å²) < 4.78 is 11.0. The molecule has 156 valence electrons. The molecule has 4 rings (SSSR count). The summed E-state index contributed by atoms with van der Waals surface area (Å²) in [4.78, 5) is 26.4. The molecular formula is C24H26N2O4. The lowest BCUT2D eigenvalue weighted by Crippen LogP contribution is -2.47. The quantitative estimate of drug-likeness (QED) is 0.636. The van der Waals surface area contributed by atoms with Gasteiger partial charge in [0.1, 0.15) is 11.3 Å². The molecule has 1 amide bonds. The summed E-state index contributed by atoms with van der Waals surface area (Å²) in [6.07, 6.45) is 1.21. The van der Waals surface area contributed by atoms with Gasteiger partial charge in [0.2, 0.25) is 0 Å². The number of likely N-dealkylation sites (tertiary alicyclic amines) is 1. The van der Waals surface area contributed by atoms with Crippen molar-refractivity contribution in [2.24, 2.45) is 0 Å². The Morgan fingerprint density at radius 3 is 2.63 bits per heavy atom. The van der Waals surface area contributed by atoms with Gasteiger partial charge >= 0.3 is 5.63 Å². The Bertz CT molecular complexity index is 1060. The van der Waals surface area contributed by atoms with E-state index in [9.17, 15) is 9.59 Å². The number of carbonyl (C=O) groups excluding carboxylic acids is 1. The van der Waals surface area contributed by atoms with Crippen LogP contribution in [0.4, 0.5) is 0 Å². The van der Waals surface area contributed by atoms with Crippen molar-refractivity contribution in [2.45, 2.75) is 38.5 Å². The lowest BCUT2D eigenvalue weighted by atomic mass is 10.0. The highest BCUT2D eigenvalue weighted by Gasteiger charge is 2.23. The van der Waals surface area contributed by atoms with E-state index in [4.69, 9.17) is 9.15 Å². The third-order valence-corrected chi connectivity index (χ3v) is 5.46. The number of nitrogens with zero attached hydrogens (tertiary/aromatic N) is 1. The van der Waals surface area contributed by atoms with Crippen LogP contribution in [0.2, 0.25) is 0 Å². The summed E-state index contributed by atoms with van der Waals surface area (Å²) in [6, 6.07) is 18.9. The first-order valence-corrected chi connectivity index (χ1v) is 10.3. The van der Waals surface area contributed by atoms with E-state index in [-0.39, 0.29) is 11.9 Å². The van der Waals surface area contributed by atoms with Gasteiger partial charge in [-0.1, -0.05) is 30.3 Å². The summed E-state index contributed by atoms with van der Waals surface area (Å²) in [5.74, 6) is 0.364. The standard InChI is InChI=1S/C24H26N2O4/c1-17(29-21-9-7-19-8-10-23(27)30-22(19)15-21)24(28)25-20-11-13-26(14-12-20)16-18-5-3-2-4-6-18/h2-10,15,17,20H,11-14,16H2,1H3,(H,25,28)/t17-/m0/s1. The molecular weight excluding hydrogens is 380 g/mol. The van der Waals surface area contributed by atoms with Crippen molar-refractivity contribution in [1.82, 2.24) is 10.2 Å². The Labute approximate surface area is 175 Å². The number of nitrogens with one attached hydrogen (secondary N) is 1. The van der Waals surface area contributed by atoms with Crippen LogP contribution in [-0.2, 0) is 11.3 Å². The van der Waals surface area contributed by atoms with Crippen LogP contribution in [0, 0.1) is 0 Å². The maximum Gasteiger partial charge on any atom is 0.336 e. The number of hydrogen-bond donors (Lipinski definition) is 1. The molecule has 0 aliphatic carbocycles. The third kappa shape index (κ3) is 5.07. The molecule has 0 unspecified atom stereocenters. The number of benzene rings is 2. The molecule has 3 aromatic rings. The number of ether oxygens (including phenoxy) is 1. The van der Waals surface area contributed by atoms with Gasteiger partial charge in [0.05, 0.1) is 0 Å². The maximum atomic E-state index is 12.6. The Morgan fingerprint density at radius 1 is 1.13 bits per heavy atom. The minimum atomic E-state index is -0.639. The number of fused-ring (bicyclic) bond motifs is 1. The van der Waals surface area contributed by atoms with E-state index in [1.165, 1.54) is 11.6 Å². The van der Waals surface area contributed by atoms with Crippen LogP contribution in [-0.4, -0.2) is 36.0 Å². The summed E-state index contributed by atoms with van der Waals surface area (Å²) in [7, 11) is 0. The number of amides is 1. The minimum Gasteiger partial charge on any atom is -0.481 e. The minimum absolute atomic E-state index is 0.133. The molecule has 30 heavy (non-hydrogen) atoms. The fourth-order valence-corrected chi connectivity index (χ4v) is 3.77. The van der Waals surface area contributed by atoms with Gasteiger partial charge in [-0.25, -0.2) is 4.79 Å². The Balaban J connectivity index is 1.27. The predicted octanol–water partition coefficient (Wildman–Crippen LogP) is 3.34. The van der Waals surface area contributed by atoms with Gasteiger partial charge in [-0.2, -0.15) is 0 Å². The van der Waals surface area contributed by atoms with Crippen LogP contribution in [0.25, 0.3) is 11.0 Å². The second-order valence-corrected chi connectivity index (χ2v) is 7.76. The molecule has 0 bridgehead atoms. The zero-order chi connectivity index (χ0) is 20.9. The summed E-state index contributed by atoms with van der Waals surface area (Å²) in [5.41, 5.74) is 1.34. The summed E-state index contributed by atoms with van der Waals surface area (Å²) >= 11 is 0. The van der Waals surface area contributed by atoms with Crippen LogP contribution in [0.15, 0.2) is 69.9 Å². The van der Waals surface area contributed by atoms with Crippen molar-refractivity contribution in [3.8, 4) is 5.75 Å². The van der Waals surface area contributed by atoms with E-state index < -0.39 is 11.7 Å². The molecule has 6 heteroatoms. The van der Waals surface area contributed by atoms with E-state index in [1.54, 1.807) is 31.2 Å². The number of carbonyl (C=O) groups is 1. The van der Waals surface area contributed by atoms with Gasteiger partial charge in [-0.15, -0.1) is 0 Å². The van der Waals surface area contributed by atoms with Gasteiger partial charge in [0, 0.05) is 43.2 Å². The van der Waals surface area contributed by atoms with Crippen LogP contribution < -0.4 is 15.7 Å². The molecule has 0 radical (unpaired) electrons. The van der Waals surface area contributed by atoms with Crippen LogP contribution in [0.1, 0.15) is 25.3 Å². The Kier molecular flexibility index (Phi) is 6.14. The van der Waals surface area contributed by atoms with Gasteiger partial charge < -0.3 is 14.5 Å². The molecule has 1 atom stereocenters. The molecule has 1 fully saturated rings. The van der Waals surface area contributed by atoms with Crippen LogP contribution >= 0.6 is 0 Å². The first kappa shape index (κ1) is 20.2. The van der Waals surface area contributed by atoms with Crippen molar-refractivity contribution in [2.75, 3.05) is 13.1 Å². The highest BCUT2D eigenvalue weighted by Crippen LogP contribution is 2.21. The van der Waals surface area contributed by atoms with Crippen LogP contribution in [0.5, 0.6) is 5.75 Å². The van der Waals surface area contributed by atoms with Crippen LogP contribution in [0.3, 0.4) is 0 Å². The highest BCUT2D eigenvalue weighted by molar-refractivity contribution is 5.81. The summed E-state index contributed by atoms with van der Waals surface area (Å²) in [5, 5.41) is 3.91. The average Bonchev–Trinajstić information content (AvgIpc) is 2.75. The summed E-state index contributed by atoms with van der Waals surface area (Å²) in [6.45, 7) is 4.59. The topological polar surface area (TPSA) is 71.8 Å². The SMILES string of the molecule is C[C@H](Oc1ccc2ccc(=O)oc2c1)C(=O)NC1CCN(Cc2ccccc2)CC1. The zero-order valence-corrected chi connectivity index (χ0v) is 17.0. The van der Waals surface area contributed by atoms with Gasteiger partial charge in [-0.05, 0) is 43.5 Å². The molecule has 1 aliphatic rings. The van der Waals surface area contributed by atoms with Gasteiger partial charge in [0.25, 0.3) is 5.91 Å².